The number of rotatable bonds is 1. The zero-order valence-electron chi connectivity index (χ0n) is 11.0. The van der Waals surface area contributed by atoms with Crippen LogP contribution in [0.1, 0.15) is 19.4 Å². The van der Waals surface area contributed by atoms with Crippen molar-refractivity contribution in [1.82, 2.24) is 0 Å². The van der Waals surface area contributed by atoms with Crippen molar-refractivity contribution in [2.45, 2.75) is 18.6 Å². The molecule has 1 aliphatic heterocycles. The third-order valence-corrected chi connectivity index (χ3v) is 5.63. The Morgan fingerprint density at radius 1 is 1.40 bits per heavy atom. The third-order valence-electron chi connectivity index (χ3n) is 3.09. The first-order chi connectivity index (χ1) is 9.23. The third kappa shape index (κ3) is 1.99. The Bertz CT molecular complexity index is 745. The molecule has 0 aliphatic carbocycles. The van der Waals surface area contributed by atoms with Gasteiger partial charge in [-0.15, -0.1) is 0 Å². The highest BCUT2D eigenvalue weighted by Crippen LogP contribution is 2.40. The van der Waals surface area contributed by atoms with Crippen LogP contribution in [0.25, 0.3) is 0 Å². The van der Waals surface area contributed by atoms with Gasteiger partial charge in [0.15, 0.2) is 4.75 Å². The normalized spacial score (nSPS) is 19.0. The number of benzene rings is 1. The summed E-state index contributed by atoms with van der Waals surface area (Å²) in [6, 6.07) is 4.49. The highest BCUT2D eigenvalue weighted by molar-refractivity contribution is 7.98. The molecule has 0 bridgehead atoms. The Balaban J connectivity index is 2.58. The second kappa shape index (κ2) is 4.77. The molecular formula is C13H13ClN2O3S. The monoisotopic (exact) mass is 312 g/mol. The van der Waals surface area contributed by atoms with Crippen molar-refractivity contribution >= 4 is 33.2 Å². The first-order valence-corrected chi connectivity index (χ1v) is 7.63. The molecule has 0 unspecified atom stereocenters. The van der Waals surface area contributed by atoms with E-state index in [1.807, 2.05) is 0 Å². The molecule has 106 valence electrons. The summed E-state index contributed by atoms with van der Waals surface area (Å²) >= 11 is 5.87. The smallest absolute Gasteiger partial charge is 0.263 e. The maximum Gasteiger partial charge on any atom is 0.263 e. The Morgan fingerprint density at radius 2 is 2.05 bits per heavy atom. The van der Waals surface area contributed by atoms with Crippen LogP contribution >= 0.6 is 11.6 Å². The van der Waals surface area contributed by atoms with Crippen molar-refractivity contribution in [2.24, 2.45) is 5.73 Å². The molecule has 2 rings (SSSR count). The van der Waals surface area contributed by atoms with Crippen LogP contribution in [0.2, 0.25) is 5.02 Å². The quantitative estimate of drug-likeness (QED) is 0.788. The zero-order valence-corrected chi connectivity index (χ0v) is 12.5. The molecule has 0 atom stereocenters. The Kier molecular flexibility index (Phi) is 3.54. The van der Waals surface area contributed by atoms with Crippen molar-refractivity contribution < 1.29 is 13.2 Å². The summed E-state index contributed by atoms with van der Waals surface area (Å²) in [6.07, 6.45) is 0. The lowest BCUT2D eigenvalue weighted by molar-refractivity contribution is -0.120. The lowest BCUT2D eigenvalue weighted by Gasteiger charge is -2.43. The lowest BCUT2D eigenvalue weighted by Crippen LogP contribution is -2.67. The molecule has 5 nitrogen and oxygen atoms in total. The van der Waals surface area contributed by atoms with Gasteiger partial charge in [-0.1, -0.05) is 23.4 Å². The molecule has 0 saturated carbocycles. The summed E-state index contributed by atoms with van der Waals surface area (Å²) in [6.45, 7) is 2.88. The van der Waals surface area contributed by atoms with Crippen molar-refractivity contribution in [3.63, 3.8) is 0 Å². The number of amides is 1. The largest absolute Gasteiger partial charge is 0.320 e. The second-order valence-electron chi connectivity index (χ2n) is 4.75. The predicted molar refractivity (Wildman–Crippen MR) is 77.9 cm³/mol. The van der Waals surface area contributed by atoms with E-state index in [-0.39, 0.29) is 12.2 Å². The molecule has 1 saturated heterocycles. The van der Waals surface area contributed by atoms with Crippen LogP contribution in [0.15, 0.2) is 18.2 Å². The van der Waals surface area contributed by atoms with Gasteiger partial charge in [-0.3, -0.25) is 4.79 Å². The number of nitrogens with zero attached hydrogens (tertiary/aromatic N) is 1. The average molecular weight is 313 g/mol. The fraction of sp³-hybridized carbons (Fsp3) is 0.308. The average Bonchev–Trinajstić information content (AvgIpc) is 2.38. The molecule has 7 heteroatoms. The molecule has 1 aliphatic rings. The minimum absolute atomic E-state index is 0.123. The summed E-state index contributed by atoms with van der Waals surface area (Å²) < 4.78 is 23.7. The van der Waals surface area contributed by atoms with Crippen LogP contribution < -0.4 is 10.0 Å². The summed E-state index contributed by atoms with van der Waals surface area (Å²) in [5, 5.41) is 0.403. The van der Waals surface area contributed by atoms with Crippen LogP contribution in [0.4, 0.5) is 5.69 Å². The number of anilines is 1. The van der Waals surface area contributed by atoms with Gasteiger partial charge in [0.05, 0.1) is 17.8 Å². The highest BCUT2D eigenvalue weighted by Gasteiger charge is 2.61. The number of carbonyl (C=O) groups excluding carboxylic acids is 1. The Labute approximate surface area is 122 Å². The van der Waals surface area contributed by atoms with Gasteiger partial charge in [0.1, 0.15) is 0 Å². The molecule has 1 amide bonds. The summed E-state index contributed by atoms with van der Waals surface area (Å²) in [4.78, 5) is 12.1. The molecule has 0 spiro atoms. The van der Waals surface area contributed by atoms with Crippen molar-refractivity contribution in [2.75, 3.05) is 10.8 Å². The van der Waals surface area contributed by atoms with Crippen LogP contribution in [-0.2, 0) is 14.8 Å². The first kappa shape index (κ1) is 14.9. The fourth-order valence-corrected chi connectivity index (χ4v) is 3.50. The molecule has 2 N–H and O–H groups in total. The van der Waals surface area contributed by atoms with Crippen molar-refractivity contribution in [3.8, 4) is 11.8 Å². The number of hydrogen-bond donors (Lipinski definition) is 1. The van der Waals surface area contributed by atoms with E-state index >= 15 is 0 Å². The van der Waals surface area contributed by atoms with Crippen LogP contribution in [0.3, 0.4) is 0 Å². The summed E-state index contributed by atoms with van der Waals surface area (Å²) in [5.41, 5.74) is 5.87. The first-order valence-electron chi connectivity index (χ1n) is 5.81. The van der Waals surface area contributed by atoms with Gasteiger partial charge < -0.3 is 5.73 Å². The SMILES string of the molecule is CC1(C)C(=O)N(c2ccc(Cl)cc2C#CCN)S1(=O)=O. The van der Waals surface area contributed by atoms with E-state index in [1.54, 1.807) is 0 Å². The number of hydrogen-bond acceptors (Lipinski definition) is 4. The zero-order chi connectivity index (χ0) is 15.1. The molecule has 1 aromatic carbocycles. The molecular weight excluding hydrogens is 300 g/mol. The molecule has 1 fully saturated rings. The summed E-state index contributed by atoms with van der Waals surface area (Å²) in [7, 11) is -3.72. The van der Waals surface area contributed by atoms with Crippen LogP contribution in [0.5, 0.6) is 0 Å². The maximum atomic E-state index is 12.2. The van der Waals surface area contributed by atoms with E-state index in [1.165, 1.54) is 32.0 Å². The minimum Gasteiger partial charge on any atom is -0.320 e. The van der Waals surface area contributed by atoms with Crippen molar-refractivity contribution in [3.05, 3.63) is 28.8 Å². The van der Waals surface area contributed by atoms with Crippen molar-refractivity contribution in [1.29, 1.82) is 0 Å². The van der Waals surface area contributed by atoms with E-state index in [0.29, 0.717) is 10.6 Å². The molecule has 0 radical (unpaired) electrons. The molecule has 0 aromatic heterocycles. The number of halogens is 1. The van der Waals surface area contributed by atoms with E-state index in [0.717, 1.165) is 4.31 Å². The van der Waals surface area contributed by atoms with E-state index in [2.05, 4.69) is 11.8 Å². The predicted octanol–water partition coefficient (Wildman–Crippen LogP) is 1.11. The number of carbonyl (C=O) groups is 1. The van der Waals surface area contributed by atoms with E-state index in [4.69, 9.17) is 17.3 Å². The fourth-order valence-electron chi connectivity index (χ4n) is 1.82. The van der Waals surface area contributed by atoms with Crippen LogP contribution in [-0.4, -0.2) is 25.6 Å². The Hall–Kier alpha value is -1.55. The Morgan fingerprint density at radius 3 is 2.60 bits per heavy atom. The van der Waals surface area contributed by atoms with Crippen LogP contribution in [0, 0.1) is 11.8 Å². The maximum absolute atomic E-state index is 12.2. The van der Waals surface area contributed by atoms with Gasteiger partial charge in [0.25, 0.3) is 15.9 Å². The van der Waals surface area contributed by atoms with Gasteiger partial charge in [0.2, 0.25) is 0 Å². The number of nitrogens with two attached hydrogens (primary N) is 1. The van der Waals surface area contributed by atoms with Gasteiger partial charge in [-0.2, -0.15) is 0 Å². The van der Waals surface area contributed by atoms with Gasteiger partial charge >= 0.3 is 0 Å². The second-order valence-corrected chi connectivity index (χ2v) is 7.52. The molecule has 1 aromatic rings. The lowest BCUT2D eigenvalue weighted by atomic mass is 10.1. The topological polar surface area (TPSA) is 80.5 Å². The molecule has 1 heterocycles. The highest BCUT2D eigenvalue weighted by atomic mass is 35.5. The summed E-state index contributed by atoms with van der Waals surface area (Å²) in [5.74, 6) is 4.87. The van der Waals surface area contributed by atoms with E-state index < -0.39 is 20.7 Å². The van der Waals surface area contributed by atoms with Gasteiger partial charge in [0, 0.05) is 5.02 Å². The van der Waals surface area contributed by atoms with Gasteiger partial charge in [-0.25, -0.2) is 12.7 Å². The minimum atomic E-state index is -3.72. The molecule has 20 heavy (non-hydrogen) atoms. The number of sulfonamides is 1. The van der Waals surface area contributed by atoms with E-state index in [9.17, 15) is 13.2 Å². The van der Waals surface area contributed by atoms with Gasteiger partial charge in [-0.05, 0) is 32.0 Å². The standard InChI is InChI=1S/C13H13ClN2O3S/c1-13(2)12(17)16(20(13,18)19)11-6-5-10(14)8-9(11)4-3-7-15/h5-6,8H,7,15H2,1-2H3.